The third kappa shape index (κ3) is 7.34. The summed E-state index contributed by atoms with van der Waals surface area (Å²) in [4.78, 5) is 16.5. The predicted octanol–water partition coefficient (Wildman–Crippen LogP) is 2.65. The SMILES string of the molecule is CCNC(=NCCCNC(=O)c1occc1C)NCCOc1ccc(C)cc1. The van der Waals surface area contributed by atoms with Gasteiger partial charge in [-0.3, -0.25) is 9.79 Å². The van der Waals surface area contributed by atoms with Crippen LogP contribution >= 0.6 is 0 Å². The highest BCUT2D eigenvalue weighted by molar-refractivity contribution is 5.92. The molecule has 1 heterocycles. The van der Waals surface area contributed by atoms with E-state index in [1.54, 1.807) is 6.07 Å². The number of hydrogen-bond acceptors (Lipinski definition) is 4. The van der Waals surface area contributed by atoms with Crippen LogP contribution in [0.25, 0.3) is 0 Å². The van der Waals surface area contributed by atoms with Gasteiger partial charge in [0.2, 0.25) is 0 Å². The molecule has 3 N–H and O–H groups in total. The molecule has 0 saturated carbocycles. The van der Waals surface area contributed by atoms with E-state index in [0.29, 0.717) is 32.0 Å². The lowest BCUT2D eigenvalue weighted by Gasteiger charge is -2.12. The first-order valence-corrected chi connectivity index (χ1v) is 9.64. The minimum absolute atomic E-state index is 0.190. The van der Waals surface area contributed by atoms with Crippen LogP contribution in [-0.4, -0.2) is 44.7 Å². The molecule has 0 aliphatic heterocycles. The number of furan rings is 1. The summed E-state index contributed by atoms with van der Waals surface area (Å²) in [5.74, 6) is 1.77. The van der Waals surface area contributed by atoms with E-state index in [9.17, 15) is 4.79 Å². The van der Waals surface area contributed by atoms with E-state index in [2.05, 4.69) is 20.9 Å². The van der Waals surface area contributed by atoms with Crippen molar-refractivity contribution in [3.8, 4) is 5.75 Å². The average molecular weight is 386 g/mol. The molecule has 0 aliphatic rings. The molecule has 0 unspecified atom stereocenters. The van der Waals surface area contributed by atoms with E-state index in [1.807, 2.05) is 45.0 Å². The van der Waals surface area contributed by atoms with Gasteiger partial charge in [0.15, 0.2) is 11.7 Å². The summed E-state index contributed by atoms with van der Waals surface area (Å²) >= 11 is 0. The van der Waals surface area contributed by atoms with Gasteiger partial charge in [0.05, 0.1) is 12.8 Å². The molecule has 0 bridgehead atoms. The number of nitrogens with one attached hydrogen (secondary N) is 3. The minimum Gasteiger partial charge on any atom is -0.492 e. The zero-order valence-corrected chi connectivity index (χ0v) is 16.9. The van der Waals surface area contributed by atoms with Crippen molar-refractivity contribution in [3.63, 3.8) is 0 Å². The van der Waals surface area contributed by atoms with Gasteiger partial charge in [-0.05, 0) is 45.4 Å². The van der Waals surface area contributed by atoms with E-state index in [-0.39, 0.29) is 5.91 Å². The Balaban J connectivity index is 1.64. The quantitative estimate of drug-likeness (QED) is 0.332. The largest absolute Gasteiger partial charge is 0.492 e. The second kappa shape index (κ2) is 11.7. The van der Waals surface area contributed by atoms with Crippen molar-refractivity contribution in [2.24, 2.45) is 4.99 Å². The van der Waals surface area contributed by atoms with Crippen LogP contribution in [0.3, 0.4) is 0 Å². The van der Waals surface area contributed by atoms with Gasteiger partial charge < -0.3 is 25.1 Å². The predicted molar refractivity (Wildman–Crippen MR) is 111 cm³/mol. The fraction of sp³-hybridized carbons (Fsp3) is 0.429. The third-order valence-electron chi connectivity index (χ3n) is 3.99. The van der Waals surface area contributed by atoms with Crippen LogP contribution in [0, 0.1) is 13.8 Å². The number of hydrogen-bond donors (Lipinski definition) is 3. The Morgan fingerprint density at radius 3 is 2.54 bits per heavy atom. The molecule has 0 radical (unpaired) electrons. The molecular weight excluding hydrogens is 356 g/mol. The summed E-state index contributed by atoms with van der Waals surface area (Å²) in [5, 5.41) is 9.29. The second-order valence-electron chi connectivity index (χ2n) is 6.39. The minimum atomic E-state index is -0.190. The molecule has 1 aromatic heterocycles. The maximum Gasteiger partial charge on any atom is 0.287 e. The van der Waals surface area contributed by atoms with Crippen LogP contribution < -0.4 is 20.7 Å². The first-order valence-electron chi connectivity index (χ1n) is 9.64. The van der Waals surface area contributed by atoms with Crippen molar-refractivity contribution in [1.82, 2.24) is 16.0 Å². The molecule has 7 heteroatoms. The van der Waals surface area contributed by atoms with Crippen LogP contribution in [-0.2, 0) is 0 Å². The van der Waals surface area contributed by atoms with Gasteiger partial charge in [-0.15, -0.1) is 0 Å². The Labute approximate surface area is 166 Å². The Morgan fingerprint density at radius 1 is 1.07 bits per heavy atom. The fourth-order valence-corrected chi connectivity index (χ4v) is 2.47. The first-order chi connectivity index (χ1) is 13.6. The van der Waals surface area contributed by atoms with Gasteiger partial charge in [-0.2, -0.15) is 0 Å². The number of aliphatic imine (C=N–C) groups is 1. The molecule has 0 aliphatic carbocycles. The van der Waals surface area contributed by atoms with Crippen LogP contribution in [0.15, 0.2) is 46.0 Å². The summed E-state index contributed by atoms with van der Waals surface area (Å²) < 4.78 is 10.9. The molecule has 152 valence electrons. The van der Waals surface area contributed by atoms with Crippen molar-refractivity contribution in [3.05, 3.63) is 53.5 Å². The monoisotopic (exact) mass is 386 g/mol. The number of guanidine groups is 1. The lowest BCUT2D eigenvalue weighted by Crippen LogP contribution is -2.39. The summed E-state index contributed by atoms with van der Waals surface area (Å²) in [5.41, 5.74) is 2.05. The summed E-state index contributed by atoms with van der Waals surface area (Å²) in [6.45, 7) is 9.03. The van der Waals surface area contributed by atoms with Crippen molar-refractivity contribution in [2.75, 3.05) is 32.8 Å². The number of carbonyl (C=O) groups excluding carboxylic acids is 1. The Kier molecular flexibility index (Phi) is 8.91. The highest BCUT2D eigenvalue weighted by Gasteiger charge is 2.11. The number of ether oxygens (including phenoxy) is 1. The molecule has 0 saturated heterocycles. The number of amides is 1. The van der Waals surface area contributed by atoms with Crippen molar-refractivity contribution in [1.29, 1.82) is 0 Å². The topological polar surface area (TPSA) is 87.9 Å². The van der Waals surface area contributed by atoms with Gasteiger partial charge in [0.1, 0.15) is 12.4 Å². The van der Waals surface area contributed by atoms with E-state index in [4.69, 9.17) is 9.15 Å². The normalized spacial score (nSPS) is 11.2. The molecule has 0 atom stereocenters. The van der Waals surface area contributed by atoms with Crippen LogP contribution in [0.1, 0.15) is 35.0 Å². The number of aryl methyl sites for hydroxylation is 2. The number of rotatable bonds is 10. The van der Waals surface area contributed by atoms with Crippen molar-refractivity contribution < 1.29 is 13.9 Å². The molecule has 0 fully saturated rings. The molecular formula is C21H30N4O3. The number of nitrogens with zero attached hydrogens (tertiary/aromatic N) is 1. The first kappa shape index (κ1) is 21.3. The molecule has 28 heavy (non-hydrogen) atoms. The van der Waals surface area contributed by atoms with E-state index < -0.39 is 0 Å². The summed E-state index contributed by atoms with van der Waals surface area (Å²) in [7, 11) is 0. The number of carbonyl (C=O) groups is 1. The average Bonchev–Trinajstić information content (AvgIpc) is 3.12. The van der Waals surface area contributed by atoms with Gasteiger partial charge in [0.25, 0.3) is 5.91 Å². The Bertz CT molecular complexity index is 753. The number of benzene rings is 1. The summed E-state index contributed by atoms with van der Waals surface area (Å²) in [6.07, 6.45) is 2.26. The van der Waals surface area contributed by atoms with Crippen LogP contribution in [0.4, 0.5) is 0 Å². The molecule has 1 aromatic carbocycles. The van der Waals surface area contributed by atoms with Crippen LogP contribution in [0.2, 0.25) is 0 Å². The lowest BCUT2D eigenvalue weighted by atomic mass is 10.2. The molecule has 1 amide bonds. The zero-order chi connectivity index (χ0) is 20.2. The standard InChI is InChI=1S/C21H30N4O3/c1-4-22-21(25-13-15-27-18-8-6-16(2)7-9-18)24-12-5-11-23-20(26)19-17(3)10-14-28-19/h6-10,14H,4-5,11-13,15H2,1-3H3,(H,23,26)(H2,22,24,25). The maximum absolute atomic E-state index is 12.0. The van der Waals surface area contributed by atoms with Gasteiger partial charge >= 0.3 is 0 Å². The summed E-state index contributed by atoms with van der Waals surface area (Å²) in [6, 6.07) is 9.76. The second-order valence-corrected chi connectivity index (χ2v) is 6.39. The molecule has 2 rings (SSSR count). The maximum atomic E-state index is 12.0. The fourth-order valence-electron chi connectivity index (χ4n) is 2.47. The van der Waals surface area contributed by atoms with Gasteiger partial charge in [-0.1, -0.05) is 17.7 Å². The van der Waals surface area contributed by atoms with Crippen LogP contribution in [0.5, 0.6) is 5.75 Å². The highest BCUT2D eigenvalue weighted by Crippen LogP contribution is 2.10. The Morgan fingerprint density at radius 2 is 1.86 bits per heavy atom. The van der Waals surface area contributed by atoms with Crippen molar-refractivity contribution in [2.45, 2.75) is 27.2 Å². The smallest absolute Gasteiger partial charge is 0.287 e. The highest BCUT2D eigenvalue weighted by atomic mass is 16.5. The third-order valence-corrected chi connectivity index (χ3v) is 3.99. The van der Waals surface area contributed by atoms with Gasteiger partial charge in [-0.25, -0.2) is 0 Å². The van der Waals surface area contributed by atoms with Gasteiger partial charge in [0, 0.05) is 25.2 Å². The zero-order valence-electron chi connectivity index (χ0n) is 16.9. The lowest BCUT2D eigenvalue weighted by molar-refractivity contribution is 0.0925. The van der Waals surface area contributed by atoms with E-state index in [1.165, 1.54) is 11.8 Å². The Hall–Kier alpha value is -2.96. The van der Waals surface area contributed by atoms with E-state index in [0.717, 1.165) is 30.2 Å². The molecule has 2 aromatic rings. The van der Waals surface area contributed by atoms with Crippen molar-refractivity contribution >= 4 is 11.9 Å². The van der Waals surface area contributed by atoms with E-state index >= 15 is 0 Å². The molecule has 0 spiro atoms. The molecule has 7 nitrogen and oxygen atoms in total.